The highest BCUT2D eigenvalue weighted by atomic mass is 35.5. The fourth-order valence-corrected chi connectivity index (χ4v) is 0.690. The van der Waals surface area contributed by atoms with Gasteiger partial charge < -0.3 is 0 Å². The summed E-state index contributed by atoms with van der Waals surface area (Å²) in [4.78, 5) is 20.7. The molecule has 0 aliphatic carbocycles. The maximum atomic E-state index is 10.3. The SMILES string of the molecule is Cl.Cl.Cl.Cl.O=C1CCCC(=O)N1. The molecule has 0 bridgehead atoms. The lowest BCUT2D eigenvalue weighted by Gasteiger charge is -2.07. The molecule has 0 spiro atoms. The van der Waals surface area contributed by atoms with E-state index in [0.29, 0.717) is 19.3 Å². The third-order valence-corrected chi connectivity index (χ3v) is 1.09. The van der Waals surface area contributed by atoms with Crippen molar-refractivity contribution >= 4 is 61.4 Å². The molecule has 0 unspecified atom stereocenters. The molecule has 1 rings (SSSR count). The van der Waals surface area contributed by atoms with Gasteiger partial charge in [0.15, 0.2) is 0 Å². The lowest BCUT2D eigenvalue weighted by atomic mass is 10.1. The van der Waals surface area contributed by atoms with Gasteiger partial charge in [-0.1, -0.05) is 0 Å². The normalized spacial score (nSPS) is 13.7. The van der Waals surface area contributed by atoms with Crippen molar-refractivity contribution in [2.24, 2.45) is 0 Å². The molecule has 12 heavy (non-hydrogen) atoms. The van der Waals surface area contributed by atoms with E-state index >= 15 is 0 Å². The lowest BCUT2D eigenvalue weighted by Crippen LogP contribution is -2.33. The second-order valence-corrected chi connectivity index (χ2v) is 1.82. The Hall–Kier alpha value is 0.300. The highest BCUT2D eigenvalue weighted by Crippen LogP contribution is 2.00. The highest BCUT2D eigenvalue weighted by molar-refractivity contribution is 5.97. The summed E-state index contributed by atoms with van der Waals surface area (Å²) in [6.07, 6.45) is 1.72. The summed E-state index contributed by atoms with van der Waals surface area (Å²) in [5, 5.41) is 2.20. The molecule has 1 aliphatic rings. The first-order valence-electron chi connectivity index (χ1n) is 2.62. The van der Waals surface area contributed by atoms with Gasteiger partial charge in [-0.3, -0.25) is 14.9 Å². The minimum atomic E-state index is -0.138. The minimum Gasteiger partial charge on any atom is -0.296 e. The van der Waals surface area contributed by atoms with E-state index in [1.54, 1.807) is 0 Å². The largest absolute Gasteiger partial charge is 0.296 e. The zero-order valence-corrected chi connectivity index (χ0v) is 9.34. The number of piperidine rings is 1. The van der Waals surface area contributed by atoms with Gasteiger partial charge in [-0.15, -0.1) is 49.6 Å². The number of imide groups is 1. The summed E-state index contributed by atoms with van der Waals surface area (Å²) >= 11 is 0. The maximum absolute atomic E-state index is 10.3. The molecule has 0 aromatic heterocycles. The van der Waals surface area contributed by atoms with Crippen molar-refractivity contribution in [3.8, 4) is 0 Å². The highest BCUT2D eigenvalue weighted by Gasteiger charge is 2.12. The van der Waals surface area contributed by atoms with E-state index in [2.05, 4.69) is 5.32 Å². The van der Waals surface area contributed by atoms with Crippen LogP contribution in [0.3, 0.4) is 0 Å². The standard InChI is InChI=1S/C5H7NO2.4ClH/c7-4-2-1-3-5(8)6-4;;;;/h1-3H2,(H,6,7,8);4*1H. The number of carbonyl (C=O) groups excluding carboxylic acids is 2. The molecular weight excluding hydrogens is 248 g/mol. The Bertz CT molecular complexity index is 127. The Kier molecular flexibility index (Phi) is 21.5. The fraction of sp³-hybridized carbons (Fsp3) is 0.600. The summed E-state index contributed by atoms with van der Waals surface area (Å²) < 4.78 is 0. The van der Waals surface area contributed by atoms with Crippen molar-refractivity contribution in [3.63, 3.8) is 0 Å². The Morgan fingerprint density at radius 1 is 0.833 bits per heavy atom. The van der Waals surface area contributed by atoms with Gasteiger partial charge in [0.05, 0.1) is 0 Å². The molecule has 0 atom stereocenters. The third-order valence-electron chi connectivity index (χ3n) is 1.09. The van der Waals surface area contributed by atoms with Gasteiger partial charge in [0.2, 0.25) is 11.8 Å². The van der Waals surface area contributed by atoms with Crippen LogP contribution in [0.4, 0.5) is 0 Å². The zero-order valence-electron chi connectivity index (χ0n) is 6.07. The molecule has 7 heteroatoms. The smallest absolute Gasteiger partial charge is 0.226 e. The van der Waals surface area contributed by atoms with Crippen LogP contribution in [0.15, 0.2) is 0 Å². The Balaban J connectivity index is -0.0000000800. The number of hydrogen-bond donors (Lipinski definition) is 1. The van der Waals surface area contributed by atoms with E-state index in [-0.39, 0.29) is 61.4 Å². The van der Waals surface area contributed by atoms with Crippen LogP contribution in [0.25, 0.3) is 0 Å². The average molecular weight is 259 g/mol. The molecule has 1 N–H and O–H groups in total. The Labute approximate surface area is 95.7 Å². The van der Waals surface area contributed by atoms with E-state index in [4.69, 9.17) is 0 Å². The Morgan fingerprint density at radius 3 is 1.33 bits per heavy atom. The molecule has 1 heterocycles. The summed E-state index contributed by atoms with van der Waals surface area (Å²) in [6.45, 7) is 0. The van der Waals surface area contributed by atoms with Gasteiger partial charge in [-0.2, -0.15) is 0 Å². The number of carbonyl (C=O) groups is 2. The summed E-state index contributed by atoms with van der Waals surface area (Å²) in [6, 6.07) is 0. The first-order chi connectivity index (χ1) is 3.79. The lowest BCUT2D eigenvalue weighted by molar-refractivity contribution is -0.132. The van der Waals surface area contributed by atoms with Crippen molar-refractivity contribution in [1.29, 1.82) is 0 Å². The van der Waals surface area contributed by atoms with Crippen molar-refractivity contribution in [2.45, 2.75) is 19.3 Å². The van der Waals surface area contributed by atoms with Gasteiger partial charge in [0, 0.05) is 12.8 Å². The number of amides is 2. The van der Waals surface area contributed by atoms with Gasteiger partial charge in [0.25, 0.3) is 0 Å². The van der Waals surface area contributed by atoms with Crippen LogP contribution in [-0.2, 0) is 9.59 Å². The molecule has 76 valence electrons. The van der Waals surface area contributed by atoms with E-state index in [9.17, 15) is 9.59 Å². The second-order valence-electron chi connectivity index (χ2n) is 1.82. The van der Waals surface area contributed by atoms with Crippen molar-refractivity contribution in [3.05, 3.63) is 0 Å². The quantitative estimate of drug-likeness (QED) is 0.670. The molecule has 2 amide bonds. The molecule has 0 radical (unpaired) electrons. The predicted molar refractivity (Wildman–Crippen MR) is 56.0 cm³/mol. The average Bonchev–Trinajstić information content (AvgIpc) is 1.64. The predicted octanol–water partition coefficient (Wildman–Crippen LogP) is 1.50. The van der Waals surface area contributed by atoms with Crippen molar-refractivity contribution in [2.75, 3.05) is 0 Å². The van der Waals surface area contributed by atoms with Crippen LogP contribution in [0, 0.1) is 0 Å². The first kappa shape index (κ1) is 22.8. The van der Waals surface area contributed by atoms with Crippen molar-refractivity contribution < 1.29 is 9.59 Å². The molecule has 3 nitrogen and oxygen atoms in total. The molecule has 1 saturated heterocycles. The molecule has 1 aliphatic heterocycles. The maximum Gasteiger partial charge on any atom is 0.226 e. The second kappa shape index (κ2) is 11.3. The van der Waals surface area contributed by atoms with E-state index in [1.807, 2.05) is 0 Å². The topological polar surface area (TPSA) is 46.2 Å². The number of nitrogens with one attached hydrogen (secondary N) is 1. The van der Waals surface area contributed by atoms with Crippen LogP contribution in [0.2, 0.25) is 0 Å². The van der Waals surface area contributed by atoms with E-state index in [0.717, 1.165) is 0 Å². The van der Waals surface area contributed by atoms with Gasteiger partial charge in [-0.05, 0) is 6.42 Å². The number of hydrogen-bond acceptors (Lipinski definition) is 2. The van der Waals surface area contributed by atoms with Crippen molar-refractivity contribution in [1.82, 2.24) is 5.32 Å². The molecule has 1 fully saturated rings. The first-order valence-corrected chi connectivity index (χ1v) is 2.62. The van der Waals surface area contributed by atoms with Gasteiger partial charge in [0.1, 0.15) is 0 Å². The fourth-order valence-electron chi connectivity index (χ4n) is 0.690. The summed E-state index contributed by atoms with van der Waals surface area (Å²) in [5.74, 6) is -0.275. The number of rotatable bonds is 0. The van der Waals surface area contributed by atoms with E-state index < -0.39 is 0 Å². The van der Waals surface area contributed by atoms with Gasteiger partial charge in [-0.25, -0.2) is 0 Å². The summed E-state index contributed by atoms with van der Waals surface area (Å²) in [5.41, 5.74) is 0. The molecule has 0 saturated carbocycles. The monoisotopic (exact) mass is 257 g/mol. The molecule has 0 aromatic rings. The van der Waals surface area contributed by atoms with Crippen LogP contribution in [-0.4, -0.2) is 11.8 Å². The van der Waals surface area contributed by atoms with Crippen LogP contribution >= 0.6 is 49.6 Å². The van der Waals surface area contributed by atoms with Crippen LogP contribution < -0.4 is 5.32 Å². The Morgan fingerprint density at radius 2 is 1.17 bits per heavy atom. The molecular formula is C5H11Cl4NO2. The minimum absolute atomic E-state index is 0. The zero-order chi connectivity index (χ0) is 5.98. The third kappa shape index (κ3) is 8.40. The van der Waals surface area contributed by atoms with Crippen LogP contribution in [0.5, 0.6) is 0 Å². The van der Waals surface area contributed by atoms with Crippen LogP contribution in [0.1, 0.15) is 19.3 Å². The summed E-state index contributed by atoms with van der Waals surface area (Å²) in [7, 11) is 0. The van der Waals surface area contributed by atoms with E-state index in [1.165, 1.54) is 0 Å². The van der Waals surface area contributed by atoms with Gasteiger partial charge >= 0.3 is 0 Å². The number of halogens is 4. The molecule has 0 aromatic carbocycles.